The van der Waals surface area contributed by atoms with Crippen molar-refractivity contribution in [2.24, 2.45) is 5.92 Å². The number of hydrogen-bond donors (Lipinski definition) is 1. The lowest BCUT2D eigenvalue weighted by atomic mass is 10.1. The van der Waals surface area contributed by atoms with Crippen molar-refractivity contribution in [1.82, 2.24) is 4.57 Å². The average Bonchev–Trinajstić information content (AvgIpc) is 2.63. The van der Waals surface area contributed by atoms with Gasteiger partial charge in [-0.2, -0.15) is 0 Å². The molecule has 1 fully saturated rings. The first-order valence-electron chi connectivity index (χ1n) is 6.36. The molecule has 110 valence electrons. The van der Waals surface area contributed by atoms with Crippen LogP contribution in [0.15, 0.2) is 10.9 Å². The quantitative estimate of drug-likeness (QED) is 0.882. The van der Waals surface area contributed by atoms with Gasteiger partial charge in [-0.15, -0.1) is 0 Å². The molecule has 2 rings (SSSR count). The molecule has 1 aliphatic rings. The Balaban J connectivity index is 2.40. The number of nitrogens with zero attached hydrogens (tertiary/aromatic N) is 1. The van der Waals surface area contributed by atoms with E-state index < -0.39 is 15.8 Å². The van der Waals surface area contributed by atoms with E-state index >= 15 is 0 Å². The second-order valence-electron chi connectivity index (χ2n) is 5.31. The fourth-order valence-corrected chi connectivity index (χ4v) is 4.59. The monoisotopic (exact) mass is 299 g/mol. The van der Waals surface area contributed by atoms with Crippen LogP contribution in [-0.2, 0) is 16.4 Å². The molecule has 20 heavy (non-hydrogen) atoms. The van der Waals surface area contributed by atoms with Crippen molar-refractivity contribution in [1.29, 1.82) is 0 Å². The molecule has 7 heteroatoms. The first kappa shape index (κ1) is 14.8. The fourth-order valence-electron chi connectivity index (χ4n) is 2.75. The molecular weight excluding hydrogens is 282 g/mol. The number of carboxylic acid groups (broad SMARTS) is 1. The van der Waals surface area contributed by atoms with Crippen LogP contribution in [0.5, 0.6) is 0 Å². The number of carboxylic acids is 1. The fraction of sp³-hybridized carbons (Fsp3) is 0.538. The molecule has 1 atom stereocenters. The third kappa shape index (κ3) is 2.77. The summed E-state index contributed by atoms with van der Waals surface area (Å²) in [6.07, 6.45) is 0.518. The predicted octanol–water partition coefficient (Wildman–Crippen LogP) is 0.598. The third-order valence-electron chi connectivity index (χ3n) is 3.75. The number of aryl methyl sites for hydroxylation is 1. The number of carbonyl (C=O) groups is 1. The molecule has 1 aromatic rings. The number of rotatable bonds is 3. The summed E-state index contributed by atoms with van der Waals surface area (Å²) in [5.41, 5.74) is 0.641. The largest absolute Gasteiger partial charge is 0.478 e. The summed E-state index contributed by atoms with van der Waals surface area (Å²) < 4.78 is 24.3. The number of aromatic carboxylic acids is 1. The minimum absolute atomic E-state index is 0.0646. The molecule has 2 heterocycles. The smallest absolute Gasteiger partial charge is 0.337 e. The van der Waals surface area contributed by atoms with Gasteiger partial charge in [-0.05, 0) is 31.7 Å². The molecule has 1 N–H and O–H groups in total. The van der Waals surface area contributed by atoms with Crippen molar-refractivity contribution in [3.8, 4) is 0 Å². The summed E-state index contributed by atoms with van der Waals surface area (Å²) in [5, 5.41) is 9.19. The second-order valence-corrected chi connectivity index (χ2v) is 7.54. The number of sulfone groups is 1. The Hall–Kier alpha value is -1.63. The van der Waals surface area contributed by atoms with Crippen molar-refractivity contribution in [2.45, 2.75) is 26.8 Å². The lowest BCUT2D eigenvalue weighted by Crippen LogP contribution is -2.28. The SMILES string of the molecule is Cc1cc(=O)n(CC2CCS(=O)(=O)C2)c(C)c1C(=O)O. The van der Waals surface area contributed by atoms with E-state index in [-0.39, 0.29) is 35.1 Å². The van der Waals surface area contributed by atoms with E-state index in [9.17, 15) is 23.1 Å². The van der Waals surface area contributed by atoms with Crippen molar-refractivity contribution >= 4 is 15.8 Å². The Morgan fingerprint density at radius 2 is 2.10 bits per heavy atom. The standard InChI is InChI=1S/C13H17NO5S/c1-8-5-11(15)14(9(2)12(8)13(16)17)6-10-3-4-20(18,19)7-10/h5,10H,3-4,6-7H2,1-2H3,(H,16,17). The first-order chi connectivity index (χ1) is 9.21. The summed E-state index contributed by atoms with van der Waals surface area (Å²) in [6, 6.07) is 1.29. The Kier molecular flexibility index (Phi) is 3.73. The average molecular weight is 299 g/mol. The summed E-state index contributed by atoms with van der Waals surface area (Å²) in [5.74, 6) is -0.994. The van der Waals surface area contributed by atoms with Crippen molar-refractivity contribution in [2.75, 3.05) is 11.5 Å². The van der Waals surface area contributed by atoms with Gasteiger partial charge in [-0.25, -0.2) is 13.2 Å². The van der Waals surface area contributed by atoms with E-state index in [1.54, 1.807) is 13.8 Å². The molecule has 1 aliphatic heterocycles. The zero-order valence-electron chi connectivity index (χ0n) is 11.4. The van der Waals surface area contributed by atoms with Crippen LogP contribution in [-0.4, -0.2) is 35.6 Å². The number of hydrogen-bond acceptors (Lipinski definition) is 4. The normalized spacial score (nSPS) is 21.0. The van der Waals surface area contributed by atoms with E-state index in [0.717, 1.165) is 0 Å². The summed E-state index contributed by atoms with van der Waals surface area (Å²) in [6.45, 7) is 3.42. The molecule has 0 spiro atoms. The van der Waals surface area contributed by atoms with Gasteiger partial charge in [-0.1, -0.05) is 0 Å². The van der Waals surface area contributed by atoms with Gasteiger partial charge in [0.25, 0.3) is 5.56 Å². The molecule has 0 radical (unpaired) electrons. The lowest BCUT2D eigenvalue weighted by Gasteiger charge is -2.16. The van der Waals surface area contributed by atoms with Crippen LogP contribution in [0.4, 0.5) is 0 Å². The minimum atomic E-state index is -3.01. The maximum Gasteiger partial charge on any atom is 0.337 e. The van der Waals surface area contributed by atoms with Crippen LogP contribution >= 0.6 is 0 Å². The van der Waals surface area contributed by atoms with Gasteiger partial charge in [-0.3, -0.25) is 4.79 Å². The highest BCUT2D eigenvalue weighted by atomic mass is 32.2. The predicted molar refractivity (Wildman–Crippen MR) is 73.9 cm³/mol. The maximum atomic E-state index is 12.0. The highest BCUT2D eigenvalue weighted by molar-refractivity contribution is 7.91. The van der Waals surface area contributed by atoms with Crippen LogP contribution in [0.3, 0.4) is 0 Å². The Morgan fingerprint density at radius 3 is 2.60 bits per heavy atom. The van der Waals surface area contributed by atoms with Crippen LogP contribution in [0.1, 0.15) is 28.0 Å². The maximum absolute atomic E-state index is 12.0. The van der Waals surface area contributed by atoms with E-state index in [2.05, 4.69) is 0 Å². The van der Waals surface area contributed by atoms with E-state index in [4.69, 9.17) is 0 Å². The molecule has 0 saturated carbocycles. The number of aromatic nitrogens is 1. The van der Waals surface area contributed by atoms with Gasteiger partial charge in [0.1, 0.15) is 0 Å². The van der Waals surface area contributed by atoms with Gasteiger partial charge in [0.15, 0.2) is 9.84 Å². The number of pyridine rings is 1. The van der Waals surface area contributed by atoms with Crippen molar-refractivity contribution in [3.63, 3.8) is 0 Å². The lowest BCUT2D eigenvalue weighted by molar-refractivity contribution is 0.0694. The van der Waals surface area contributed by atoms with E-state index in [0.29, 0.717) is 17.7 Å². The Morgan fingerprint density at radius 1 is 1.45 bits per heavy atom. The zero-order valence-corrected chi connectivity index (χ0v) is 12.2. The van der Waals surface area contributed by atoms with Gasteiger partial charge < -0.3 is 9.67 Å². The summed E-state index contributed by atoms with van der Waals surface area (Å²) >= 11 is 0. The Bertz CT molecular complexity index is 717. The van der Waals surface area contributed by atoms with Crippen LogP contribution in [0.25, 0.3) is 0 Å². The molecule has 0 aliphatic carbocycles. The Labute approximate surface area is 117 Å². The summed E-state index contributed by atoms with van der Waals surface area (Å²) in [4.78, 5) is 23.2. The molecule has 1 aromatic heterocycles. The molecular formula is C13H17NO5S. The molecule has 6 nitrogen and oxygen atoms in total. The van der Waals surface area contributed by atoms with Crippen molar-refractivity contribution < 1.29 is 18.3 Å². The molecule has 0 aromatic carbocycles. The zero-order chi connectivity index (χ0) is 15.1. The summed E-state index contributed by atoms with van der Waals surface area (Å²) in [7, 11) is -3.01. The van der Waals surface area contributed by atoms with Crippen LogP contribution in [0.2, 0.25) is 0 Å². The van der Waals surface area contributed by atoms with Crippen molar-refractivity contribution in [3.05, 3.63) is 33.2 Å². The third-order valence-corrected chi connectivity index (χ3v) is 5.59. The topological polar surface area (TPSA) is 93.4 Å². The molecule has 1 unspecified atom stereocenters. The van der Waals surface area contributed by atoms with Gasteiger partial charge in [0.2, 0.25) is 0 Å². The van der Waals surface area contributed by atoms with Gasteiger partial charge in [0.05, 0.1) is 17.1 Å². The highest BCUT2D eigenvalue weighted by Gasteiger charge is 2.29. The van der Waals surface area contributed by atoms with Gasteiger partial charge in [0, 0.05) is 18.3 Å². The first-order valence-corrected chi connectivity index (χ1v) is 8.18. The van der Waals surface area contributed by atoms with Crippen LogP contribution < -0.4 is 5.56 Å². The highest BCUT2D eigenvalue weighted by Crippen LogP contribution is 2.21. The van der Waals surface area contributed by atoms with Crippen LogP contribution in [0, 0.1) is 19.8 Å². The van der Waals surface area contributed by atoms with Gasteiger partial charge >= 0.3 is 5.97 Å². The second kappa shape index (κ2) is 5.05. The minimum Gasteiger partial charge on any atom is -0.478 e. The molecule has 1 saturated heterocycles. The molecule has 0 amide bonds. The molecule has 0 bridgehead atoms. The van der Waals surface area contributed by atoms with E-state index in [1.807, 2.05) is 0 Å². The van der Waals surface area contributed by atoms with E-state index in [1.165, 1.54) is 10.6 Å².